The summed E-state index contributed by atoms with van der Waals surface area (Å²) in [6, 6.07) is 12.8. The molecule has 2 nitrogen and oxygen atoms in total. The maximum Gasteiger partial charge on any atom is 0.0264 e. The van der Waals surface area contributed by atoms with E-state index in [2.05, 4.69) is 61.3 Å². The predicted molar refractivity (Wildman–Crippen MR) is 77.9 cm³/mol. The third kappa shape index (κ3) is 3.33. The highest BCUT2D eigenvalue weighted by Crippen LogP contribution is 2.17. The molecule has 3 atom stereocenters. The Kier molecular flexibility index (Phi) is 4.79. The van der Waals surface area contributed by atoms with Gasteiger partial charge >= 0.3 is 0 Å². The van der Waals surface area contributed by atoms with Crippen molar-refractivity contribution < 1.29 is 0 Å². The van der Waals surface area contributed by atoms with E-state index in [1.165, 1.54) is 18.5 Å². The molecule has 3 unspecified atom stereocenters. The van der Waals surface area contributed by atoms with Gasteiger partial charge in [0.15, 0.2) is 0 Å². The van der Waals surface area contributed by atoms with Crippen LogP contribution in [0.3, 0.4) is 0 Å². The van der Waals surface area contributed by atoms with Crippen LogP contribution in [0.4, 0.5) is 0 Å². The van der Waals surface area contributed by atoms with E-state index < -0.39 is 0 Å². The first-order valence-corrected chi connectivity index (χ1v) is 7.23. The van der Waals surface area contributed by atoms with Crippen LogP contribution < -0.4 is 5.32 Å². The molecule has 0 saturated carbocycles. The Morgan fingerprint density at radius 2 is 2.06 bits per heavy atom. The van der Waals surface area contributed by atoms with Gasteiger partial charge in [-0.2, -0.15) is 0 Å². The molecule has 0 spiro atoms. The van der Waals surface area contributed by atoms with Crippen molar-refractivity contribution in [3.63, 3.8) is 0 Å². The topological polar surface area (TPSA) is 15.3 Å². The van der Waals surface area contributed by atoms with E-state index in [4.69, 9.17) is 0 Å². The molecule has 1 heterocycles. The Morgan fingerprint density at radius 3 is 2.72 bits per heavy atom. The molecule has 0 amide bonds. The van der Waals surface area contributed by atoms with Crippen LogP contribution in [0.1, 0.15) is 32.8 Å². The number of piperazine rings is 1. The third-order valence-corrected chi connectivity index (χ3v) is 4.13. The van der Waals surface area contributed by atoms with Crippen molar-refractivity contribution in [3.8, 4) is 0 Å². The monoisotopic (exact) mass is 246 g/mol. The average molecular weight is 246 g/mol. The SMILES string of the molecule is CCC(C)N1CC(C)NCC1Cc1ccccc1. The van der Waals surface area contributed by atoms with Crippen molar-refractivity contribution in [1.82, 2.24) is 10.2 Å². The fraction of sp³-hybridized carbons (Fsp3) is 0.625. The molecule has 1 saturated heterocycles. The van der Waals surface area contributed by atoms with Crippen LogP contribution in [0.2, 0.25) is 0 Å². The van der Waals surface area contributed by atoms with E-state index in [9.17, 15) is 0 Å². The molecule has 1 N–H and O–H groups in total. The highest BCUT2D eigenvalue weighted by Gasteiger charge is 2.28. The number of hydrogen-bond donors (Lipinski definition) is 1. The van der Waals surface area contributed by atoms with Gasteiger partial charge in [0.05, 0.1) is 0 Å². The second-order valence-corrected chi connectivity index (χ2v) is 5.61. The van der Waals surface area contributed by atoms with Crippen LogP contribution in [0, 0.1) is 0 Å². The number of nitrogens with one attached hydrogen (secondary N) is 1. The first-order chi connectivity index (χ1) is 8.70. The fourth-order valence-corrected chi connectivity index (χ4v) is 2.83. The van der Waals surface area contributed by atoms with Crippen LogP contribution in [-0.4, -0.2) is 36.1 Å². The lowest BCUT2D eigenvalue weighted by Crippen LogP contribution is -2.58. The quantitative estimate of drug-likeness (QED) is 0.878. The molecule has 1 aliphatic heterocycles. The van der Waals surface area contributed by atoms with Crippen molar-refractivity contribution >= 4 is 0 Å². The molecule has 18 heavy (non-hydrogen) atoms. The molecule has 0 radical (unpaired) electrons. The largest absolute Gasteiger partial charge is 0.311 e. The van der Waals surface area contributed by atoms with E-state index in [0.717, 1.165) is 13.0 Å². The molecule has 0 bridgehead atoms. The molecule has 1 aliphatic rings. The van der Waals surface area contributed by atoms with Crippen LogP contribution in [-0.2, 0) is 6.42 Å². The van der Waals surface area contributed by atoms with E-state index in [0.29, 0.717) is 18.1 Å². The summed E-state index contributed by atoms with van der Waals surface area (Å²) >= 11 is 0. The summed E-state index contributed by atoms with van der Waals surface area (Å²) in [5.41, 5.74) is 1.45. The number of rotatable bonds is 4. The number of nitrogens with zero attached hydrogens (tertiary/aromatic N) is 1. The van der Waals surface area contributed by atoms with E-state index >= 15 is 0 Å². The summed E-state index contributed by atoms with van der Waals surface area (Å²) < 4.78 is 0. The summed E-state index contributed by atoms with van der Waals surface area (Å²) in [7, 11) is 0. The average Bonchev–Trinajstić information content (AvgIpc) is 2.41. The van der Waals surface area contributed by atoms with Crippen molar-refractivity contribution in [2.24, 2.45) is 0 Å². The van der Waals surface area contributed by atoms with E-state index in [1.807, 2.05) is 0 Å². The molecular weight excluding hydrogens is 220 g/mol. The molecule has 2 heteroatoms. The van der Waals surface area contributed by atoms with E-state index in [1.54, 1.807) is 0 Å². The van der Waals surface area contributed by atoms with Gasteiger partial charge in [0.1, 0.15) is 0 Å². The van der Waals surface area contributed by atoms with Crippen molar-refractivity contribution in [2.45, 2.75) is 51.7 Å². The molecule has 2 rings (SSSR count). The zero-order chi connectivity index (χ0) is 13.0. The summed E-state index contributed by atoms with van der Waals surface area (Å²) in [5, 5.41) is 3.62. The van der Waals surface area contributed by atoms with Gasteiger partial charge in [0, 0.05) is 31.2 Å². The number of hydrogen-bond acceptors (Lipinski definition) is 2. The molecular formula is C16H26N2. The van der Waals surface area contributed by atoms with Crippen molar-refractivity contribution in [3.05, 3.63) is 35.9 Å². The molecule has 1 aromatic carbocycles. The Hall–Kier alpha value is -0.860. The third-order valence-electron chi connectivity index (χ3n) is 4.13. The van der Waals surface area contributed by atoms with Crippen LogP contribution >= 0.6 is 0 Å². The lowest BCUT2D eigenvalue weighted by atomic mass is 9.99. The summed E-state index contributed by atoms with van der Waals surface area (Å²) in [6.07, 6.45) is 2.39. The smallest absolute Gasteiger partial charge is 0.0264 e. The molecule has 1 fully saturated rings. The zero-order valence-corrected chi connectivity index (χ0v) is 11.9. The highest BCUT2D eigenvalue weighted by atomic mass is 15.2. The molecule has 0 aliphatic carbocycles. The van der Waals surface area contributed by atoms with Crippen molar-refractivity contribution in [2.75, 3.05) is 13.1 Å². The molecule has 100 valence electrons. The normalized spacial score (nSPS) is 27.1. The second-order valence-electron chi connectivity index (χ2n) is 5.61. The lowest BCUT2D eigenvalue weighted by molar-refractivity contribution is 0.0909. The van der Waals surface area contributed by atoms with Crippen molar-refractivity contribution in [1.29, 1.82) is 0 Å². The predicted octanol–water partition coefficient (Wildman–Crippen LogP) is 2.69. The Bertz CT molecular complexity index is 349. The Balaban J connectivity index is 2.04. The second kappa shape index (κ2) is 6.35. The Morgan fingerprint density at radius 1 is 1.33 bits per heavy atom. The zero-order valence-electron chi connectivity index (χ0n) is 11.9. The van der Waals surface area contributed by atoms with Gasteiger partial charge in [-0.15, -0.1) is 0 Å². The summed E-state index contributed by atoms with van der Waals surface area (Å²) in [6.45, 7) is 9.22. The minimum Gasteiger partial charge on any atom is -0.311 e. The van der Waals surface area contributed by atoms with Crippen LogP contribution in [0.15, 0.2) is 30.3 Å². The van der Waals surface area contributed by atoms with Gasteiger partial charge < -0.3 is 5.32 Å². The minimum absolute atomic E-state index is 0.617. The maximum absolute atomic E-state index is 3.62. The Labute approximate surface area is 111 Å². The van der Waals surface area contributed by atoms with Crippen LogP contribution in [0.5, 0.6) is 0 Å². The standard InChI is InChI=1S/C16H26N2/c1-4-14(3)18-12-13(2)17-11-16(18)10-15-8-6-5-7-9-15/h5-9,13-14,16-17H,4,10-12H2,1-3H3. The molecule has 1 aromatic rings. The number of benzene rings is 1. The van der Waals surface area contributed by atoms with Gasteiger partial charge in [-0.3, -0.25) is 4.90 Å². The maximum atomic E-state index is 3.62. The van der Waals surface area contributed by atoms with Gasteiger partial charge in [-0.25, -0.2) is 0 Å². The van der Waals surface area contributed by atoms with Gasteiger partial charge in [0.2, 0.25) is 0 Å². The summed E-state index contributed by atoms with van der Waals surface area (Å²) in [5.74, 6) is 0. The van der Waals surface area contributed by atoms with Gasteiger partial charge in [0.25, 0.3) is 0 Å². The highest BCUT2D eigenvalue weighted by molar-refractivity contribution is 5.16. The fourth-order valence-electron chi connectivity index (χ4n) is 2.83. The first kappa shape index (κ1) is 13.6. The first-order valence-electron chi connectivity index (χ1n) is 7.23. The minimum atomic E-state index is 0.617. The van der Waals surface area contributed by atoms with Crippen LogP contribution in [0.25, 0.3) is 0 Å². The molecule has 0 aromatic heterocycles. The lowest BCUT2D eigenvalue weighted by Gasteiger charge is -2.43. The van der Waals surface area contributed by atoms with E-state index in [-0.39, 0.29) is 0 Å². The van der Waals surface area contributed by atoms with Gasteiger partial charge in [-0.1, -0.05) is 37.3 Å². The van der Waals surface area contributed by atoms with Gasteiger partial charge in [-0.05, 0) is 32.3 Å². The summed E-state index contributed by atoms with van der Waals surface area (Å²) in [4.78, 5) is 2.69.